The summed E-state index contributed by atoms with van der Waals surface area (Å²) >= 11 is 0. The molecule has 0 radical (unpaired) electrons. The second kappa shape index (κ2) is 6.65. The van der Waals surface area contributed by atoms with E-state index < -0.39 is 0 Å². The van der Waals surface area contributed by atoms with Gasteiger partial charge < -0.3 is 10.1 Å². The summed E-state index contributed by atoms with van der Waals surface area (Å²) in [5.74, 6) is 1.65. The van der Waals surface area contributed by atoms with Crippen molar-refractivity contribution in [3.05, 3.63) is 29.8 Å². The highest BCUT2D eigenvalue weighted by molar-refractivity contribution is 5.35. The molecule has 0 fully saturated rings. The highest BCUT2D eigenvalue weighted by Crippen LogP contribution is 2.25. The van der Waals surface area contributed by atoms with Crippen LogP contribution >= 0.6 is 0 Å². The Balaban J connectivity index is 2.72. The zero-order valence-electron chi connectivity index (χ0n) is 11.7. The van der Waals surface area contributed by atoms with Crippen molar-refractivity contribution in [3.8, 4) is 5.75 Å². The van der Waals surface area contributed by atoms with Crippen LogP contribution in [-0.4, -0.2) is 13.2 Å². The predicted octanol–water partition coefficient (Wildman–Crippen LogP) is 3.78. The molecule has 1 N–H and O–H groups in total. The van der Waals surface area contributed by atoms with Crippen molar-refractivity contribution in [2.75, 3.05) is 7.11 Å². The minimum absolute atomic E-state index is 0.315. The molecular formula is C15H25NO. The summed E-state index contributed by atoms with van der Waals surface area (Å²) in [6.45, 7) is 8.96. The molecule has 0 spiro atoms. The van der Waals surface area contributed by atoms with Crippen molar-refractivity contribution in [1.82, 2.24) is 5.32 Å². The van der Waals surface area contributed by atoms with Crippen molar-refractivity contribution in [1.29, 1.82) is 0 Å². The Hall–Kier alpha value is -1.02. The molecule has 0 saturated heterocycles. The molecule has 0 aliphatic carbocycles. The summed E-state index contributed by atoms with van der Waals surface area (Å²) in [7, 11) is 1.73. The van der Waals surface area contributed by atoms with Gasteiger partial charge in [-0.3, -0.25) is 0 Å². The Morgan fingerprint density at radius 3 is 2.41 bits per heavy atom. The molecule has 2 unspecified atom stereocenters. The van der Waals surface area contributed by atoms with Gasteiger partial charge in [0.1, 0.15) is 5.75 Å². The Kier molecular flexibility index (Phi) is 5.49. The summed E-state index contributed by atoms with van der Waals surface area (Å²) in [4.78, 5) is 0. The molecule has 17 heavy (non-hydrogen) atoms. The van der Waals surface area contributed by atoms with Gasteiger partial charge in [-0.15, -0.1) is 0 Å². The molecule has 0 aliphatic heterocycles. The van der Waals surface area contributed by atoms with Crippen LogP contribution in [0.4, 0.5) is 0 Å². The van der Waals surface area contributed by atoms with Crippen molar-refractivity contribution in [2.45, 2.75) is 46.2 Å². The molecule has 0 bridgehead atoms. The molecule has 0 aliphatic rings. The third kappa shape index (κ3) is 3.74. The first-order valence-corrected chi connectivity index (χ1v) is 6.49. The van der Waals surface area contributed by atoms with Crippen LogP contribution in [0.1, 0.15) is 45.7 Å². The van der Waals surface area contributed by atoms with Crippen molar-refractivity contribution < 1.29 is 4.74 Å². The van der Waals surface area contributed by atoms with E-state index in [4.69, 9.17) is 4.74 Å². The van der Waals surface area contributed by atoms with Gasteiger partial charge in [0.15, 0.2) is 0 Å². The van der Waals surface area contributed by atoms with E-state index in [-0.39, 0.29) is 0 Å². The van der Waals surface area contributed by atoms with E-state index >= 15 is 0 Å². The fourth-order valence-electron chi connectivity index (χ4n) is 2.03. The van der Waals surface area contributed by atoms with Crippen LogP contribution in [0.25, 0.3) is 0 Å². The molecule has 2 heteroatoms. The van der Waals surface area contributed by atoms with Crippen LogP contribution in [-0.2, 0) is 0 Å². The quantitative estimate of drug-likeness (QED) is 0.810. The summed E-state index contributed by atoms with van der Waals surface area (Å²) in [5, 5.41) is 3.64. The van der Waals surface area contributed by atoms with E-state index in [1.807, 2.05) is 12.1 Å². The largest absolute Gasteiger partial charge is 0.496 e. The molecule has 1 aromatic rings. The lowest BCUT2D eigenvalue weighted by atomic mass is 9.98. The highest BCUT2D eigenvalue weighted by Gasteiger charge is 2.16. The Labute approximate surface area is 105 Å². The topological polar surface area (TPSA) is 21.3 Å². The summed E-state index contributed by atoms with van der Waals surface area (Å²) in [5.41, 5.74) is 1.23. The molecular weight excluding hydrogens is 210 g/mol. The SMILES string of the molecule is CCC(C)C(C)N[C@@H](C)c1ccccc1OC. The van der Waals surface area contributed by atoms with E-state index in [0.717, 1.165) is 5.75 Å². The normalized spacial score (nSPS) is 16.3. The Morgan fingerprint density at radius 1 is 1.18 bits per heavy atom. The van der Waals surface area contributed by atoms with Crippen molar-refractivity contribution >= 4 is 0 Å². The highest BCUT2D eigenvalue weighted by atomic mass is 16.5. The number of para-hydroxylation sites is 1. The van der Waals surface area contributed by atoms with E-state index in [9.17, 15) is 0 Å². The number of hydrogen-bond acceptors (Lipinski definition) is 2. The molecule has 1 aromatic carbocycles. The van der Waals surface area contributed by atoms with Crippen LogP contribution in [0, 0.1) is 5.92 Å². The van der Waals surface area contributed by atoms with Crippen molar-refractivity contribution in [2.24, 2.45) is 5.92 Å². The molecule has 0 saturated carbocycles. The maximum absolute atomic E-state index is 5.39. The van der Waals surface area contributed by atoms with E-state index in [0.29, 0.717) is 18.0 Å². The van der Waals surface area contributed by atoms with Gasteiger partial charge in [0.05, 0.1) is 7.11 Å². The van der Waals surface area contributed by atoms with Crippen LogP contribution < -0.4 is 10.1 Å². The number of rotatable bonds is 6. The van der Waals surface area contributed by atoms with Crippen LogP contribution in [0.2, 0.25) is 0 Å². The molecule has 1 rings (SSSR count). The third-order valence-electron chi connectivity index (χ3n) is 3.62. The number of nitrogens with one attached hydrogen (secondary N) is 1. The summed E-state index contributed by atoms with van der Waals surface area (Å²) in [6.07, 6.45) is 1.20. The standard InChI is InChI=1S/C15H25NO/c1-6-11(2)12(3)16-13(4)14-9-7-8-10-15(14)17-5/h7-13,16H,6H2,1-5H3/t11?,12?,13-/m0/s1. The molecule has 2 nitrogen and oxygen atoms in total. The molecule has 0 amide bonds. The number of ether oxygens (including phenoxy) is 1. The third-order valence-corrected chi connectivity index (χ3v) is 3.62. The van der Waals surface area contributed by atoms with Gasteiger partial charge in [0.25, 0.3) is 0 Å². The molecule has 0 aromatic heterocycles. The molecule has 0 heterocycles. The fraction of sp³-hybridized carbons (Fsp3) is 0.600. The van der Waals surface area contributed by atoms with Gasteiger partial charge in [0.2, 0.25) is 0 Å². The molecule has 3 atom stereocenters. The van der Waals surface area contributed by atoms with Gasteiger partial charge in [-0.2, -0.15) is 0 Å². The maximum Gasteiger partial charge on any atom is 0.123 e. The lowest BCUT2D eigenvalue weighted by Gasteiger charge is -2.25. The number of benzene rings is 1. The first-order chi connectivity index (χ1) is 8.10. The van der Waals surface area contributed by atoms with Gasteiger partial charge in [-0.05, 0) is 25.8 Å². The van der Waals surface area contributed by atoms with Gasteiger partial charge in [-0.25, -0.2) is 0 Å². The second-order valence-corrected chi connectivity index (χ2v) is 4.80. The maximum atomic E-state index is 5.39. The first kappa shape index (κ1) is 14.0. The molecule has 96 valence electrons. The summed E-state index contributed by atoms with van der Waals surface area (Å²) < 4.78 is 5.39. The monoisotopic (exact) mass is 235 g/mol. The second-order valence-electron chi connectivity index (χ2n) is 4.80. The van der Waals surface area contributed by atoms with E-state index in [1.165, 1.54) is 12.0 Å². The van der Waals surface area contributed by atoms with Crippen LogP contribution in [0.15, 0.2) is 24.3 Å². The predicted molar refractivity (Wildman–Crippen MR) is 73.5 cm³/mol. The van der Waals surface area contributed by atoms with E-state index in [1.54, 1.807) is 7.11 Å². The fourth-order valence-corrected chi connectivity index (χ4v) is 2.03. The number of hydrogen-bond donors (Lipinski definition) is 1. The lowest BCUT2D eigenvalue weighted by Crippen LogP contribution is -2.34. The number of methoxy groups -OCH3 is 1. The van der Waals surface area contributed by atoms with Crippen molar-refractivity contribution in [3.63, 3.8) is 0 Å². The average molecular weight is 235 g/mol. The lowest BCUT2D eigenvalue weighted by molar-refractivity contribution is 0.350. The van der Waals surface area contributed by atoms with Gasteiger partial charge in [-0.1, -0.05) is 38.5 Å². The van der Waals surface area contributed by atoms with Crippen LogP contribution in [0.5, 0.6) is 5.75 Å². The van der Waals surface area contributed by atoms with Gasteiger partial charge >= 0.3 is 0 Å². The van der Waals surface area contributed by atoms with Gasteiger partial charge in [0, 0.05) is 17.6 Å². The first-order valence-electron chi connectivity index (χ1n) is 6.49. The zero-order valence-corrected chi connectivity index (χ0v) is 11.7. The summed E-state index contributed by atoms with van der Waals surface area (Å²) in [6, 6.07) is 9.04. The minimum atomic E-state index is 0.315. The Bertz CT molecular complexity index is 337. The average Bonchev–Trinajstić information content (AvgIpc) is 2.37. The van der Waals surface area contributed by atoms with Crippen LogP contribution in [0.3, 0.4) is 0 Å². The smallest absolute Gasteiger partial charge is 0.123 e. The zero-order chi connectivity index (χ0) is 12.8. The Morgan fingerprint density at radius 2 is 1.82 bits per heavy atom. The minimum Gasteiger partial charge on any atom is -0.496 e. The van der Waals surface area contributed by atoms with E-state index in [2.05, 4.69) is 45.1 Å².